The van der Waals surface area contributed by atoms with Gasteiger partial charge in [-0.2, -0.15) is 0 Å². The van der Waals surface area contributed by atoms with Gasteiger partial charge in [-0.15, -0.1) is 0 Å². The highest BCUT2D eigenvalue weighted by atomic mass is 127. The molecule has 0 aliphatic carbocycles. The van der Waals surface area contributed by atoms with Crippen LogP contribution in [-0.4, -0.2) is 15.2 Å². The fraction of sp³-hybridized carbons (Fsp3) is 0.125. The fourth-order valence-corrected chi connectivity index (χ4v) is 3.00. The fourth-order valence-electron chi connectivity index (χ4n) is 2.07. The van der Waals surface area contributed by atoms with Gasteiger partial charge < -0.3 is 5.41 Å². The number of carbonyl (C=O) groups is 1. The Bertz CT molecular complexity index is 673. The highest BCUT2D eigenvalue weighted by molar-refractivity contribution is 14.1. The lowest BCUT2D eigenvalue weighted by atomic mass is 10.0. The van der Waals surface area contributed by atoms with Crippen LogP contribution in [0.5, 0.6) is 0 Å². The van der Waals surface area contributed by atoms with Gasteiger partial charge in [0, 0.05) is 16.8 Å². The van der Waals surface area contributed by atoms with Gasteiger partial charge in [-0.25, -0.2) is 0 Å². The van der Waals surface area contributed by atoms with Crippen molar-refractivity contribution in [1.82, 2.24) is 3.11 Å². The highest BCUT2D eigenvalue weighted by Crippen LogP contribution is 2.23. The number of carbonyl (C=O) groups excluding carboxylic acids is 1. The lowest BCUT2D eigenvalue weighted by molar-refractivity contribution is 0.0883. The minimum atomic E-state index is -0.149. The number of halogens is 2. The third-order valence-electron chi connectivity index (χ3n) is 3.11. The number of hydrogen-bond acceptors (Lipinski definition) is 2. The molecule has 3 nitrogen and oxygen atoms in total. The summed E-state index contributed by atoms with van der Waals surface area (Å²) in [5.74, 6) is -0.149. The van der Waals surface area contributed by atoms with Crippen molar-refractivity contribution in [1.29, 1.82) is 5.41 Å². The average molecular weight is 413 g/mol. The molecule has 5 heteroatoms. The summed E-state index contributed by atoms with van der Waals surface area (Å²) in [6.45, 7) is 2.35. The van der Waals surface area contributed by atoms with Crippen molar-refractivity contribution < 1.29 is 4.79 Å². The van der Waals surface area contributed by atoms with E-state index in [0.717, 1.165) is 11.1 Å². The van der Waals surface area contributed by atoms with Gasteiger partial charge in [0.25, 0.3) is 5.91 Å². The molecule has 1 N–H and O–H groups in total. The van der Waals surface area contributed by atoms with Crippen LogP contribution >= 0.6 is 34.5 Å². The quantitative estimate of drug-likeness (QED) is 0.444. The summed E-state index contributed by atoms with van der Waals surface area (Å²) in [5, 5.41) is 8.02. The summed E-state index contributed by atoms with van der Waals surface area (Å²) < 4.78 is 1.60. The van der Waals surface area contributed by atoms with Gasteiger partial charge in [0.2, 0.25) is 0 Å². The molecule has 0 unspecified atom stereocenters. The van der Waals surface area contributed by atoms with Crippen LogP contribution in [0.25, 0.3) is 0 Å². The molecule has 21 heavy (non-hydrogen) atoms. The van der Waals surface area contributed by atoms with Crippen LogP contribution in [0.2, 0.25) is 5.02 Å². The van der Waals surface area contributed by atoms with Gasteiger partial charge in [0.15, 0.2) is 0 Å². The maximum Gasteiger partial charge on any atom is 0.263 e. The lowest BCUT2D eigenvalue weighted by Gasteiger charge is -2.17. The Labute approximate surface area is 142 Å². The molecule has 2 rings (SSSR count). The van der Waals surface area contributed by atoms with E-state index >= 15 is 0 Å². The zero-order valence-corrected chi connectivity index (χ0v) is 14.4. The van der Waals surface area contributed by atoms with Crippen molar-refractivity contribution in [2.24, 2.45) is 0 Å². The molecule has 0 aliphatic rings. The minimum Gasteiger partial charge on any atom is -0.308 e. The molecule has 0 aliphatic heterocycles. The standard InChI is InChI=1S/C16H14ClIN2O/c1-11-7-13(17)8-14(15(11)9-19)16(21)20(18)10-12-5-3-2-4-6-12/h2-9,19H,10H2,1H3. The van der Waals surface area contributed by atoms with E-state index in [4.69, 9.17) is 17.0 Å². The van der Waals surface area contributed by atoms with Crippen molar-refractivity contribution in [3.63, 3.8) is 0 Å². The molecular weight excluding hydrogens is 399 g/mol. The lowest BCUT2D eigenvalue weighted by Crippen LogP contribution is -2.22. The number of rotatable bonds is 4. The maximum absolute atomic E-state index is 12.6. The van der Waals surface area contributed by atoms with Crippen LogP contribution in [0, 0.1) is 12.3 Å². The number of nitrogens with zero attached hydrogens (tertiary/aromatic N) is 1. The van der Waals surface area contributed by atoms with E-state index in [9.17, 15) is 4.79 Å². The summed E-state index contributed by atoms with van der Waals surface area (Å²) in [6, 6.07) is 13.1. The topological polar surface area (TPSA) is 44.2 Å². The molecule has 0 spiro atoms. The van der Waals surface area contributed by atoms with E-state index in [0.29, 0.717) is 22.7 Å². The molecule has 0 saturated carbocycles. The second kappa shape index (κ2) is 7.04. The Hall–Kier alpha value is -1.40. The molecule has 0 heterocycles. The first-order chi connectivity index (χ1) is 10.0. The zero-order valence-electron chi connectivity index (χ0n) is 11.4. The van der Waals surface area contributed by atoms with Gasteiger partial charge in [0.1, 0.15) is 0 Å². The summed E-state index contributed by atoms with van der Waals surface area (Å²) in [6.07, 6.45) is 1.20. The van der Waals surface area contributed by atoms with Gasteiger partial charge >= 0.3 is 0 Å². The minimum absolute atomic E-state index is 0.149. The summed E-state index contributed by atoms with van der Waals surface area (Å²) in [7, 11) is 0. The van der Waals surface area contributed by atoms with Crippen LogP contribution in [0.1, 0.15) is 27.0 Å². The molecule has 2 aromatic carbocycles. The highest BCUT2D eigenvalue weighted by Gasteiger charge is 2.18. The molecule has 0 atom stereocenters. The van der Waals surface area contributed by atoms with E-state index in [-0.39, 0.29) is 5.91 Å². The van der Waals surface area contributed by atoms with E-state index in [1.165, 1.54) is 6.21 Å². The van der Waals surface area contributed by atoms with Crippen LogP contribution in [-0.2, 0) is 6.54 Å². The van der Waals surface area contributed by atoms with Crippen LogP contribution in [0.3, 0.4) is 0 Å². The van der Waals surface area contributed by atoms with Gasteiger partial charge in [0.05, 0.1) is 35.0 Å². The SMILES string of the molecule is Cc1cc(Cl)cc(C(=O)N(I)Cc2ccccc2)c1C=N. The summed E-state index contributed by atoms with van der Waals surface area (Å²) in [4.78, 5) is 12.6. The Balaban J connectivity index is 2.29. The van der Waals surface area contributed by atoms with E-state index in [2.05, 4.69) is 0 Å². The molecular formula is C16H14ClIN2O. The summed E-state index contributed by atoms with van der Waals surface area (Å²) in [5.41, 5.74) is 2.94. The van der Waals surface area contributed by atoms with Gasteiger partial charge in [-0.3, -0.25) is 7.91 Å². The van der Waals surface area contributed by atoms with Gasteiger partial charge in [-0.05, 0) is 30.2 Å². The second-order valence-corrected chi connectivity index (χ2v) is 6.24. The third-order valence-corrected chi connectivity index (χ3v) is 4.11. The summed E-state index contributed by atoms with van der Waals surface area (Å²) >= 11 is 8.04. The molecule has 0 radical (unpaired) electrons. The number of amides is 1. The first kappa shape index (κ1) is 16.0. The predicted octanol–water partition coefficient (Wildman–Crippen LogP) is 4.64. The molecule has 2 aromatic rings. The number of nitrogens with one attached hydrogen (secondary N) is 1. The average Bonchev–Trinajstić information content (AvgIpc) is 2.46. The molecule has 0 bridgehead atoms. The monoisotopic (exact) mass is 412 g/mol. The van der Waals surface area contributed by atoms with Crippen molar-refractivity contribution >= 4 is 46.6 Å². The normalized spacial score (nSPS) is 10.2. The third kappa shape index (κ3) is 3.83. The van der Waals surface area contributed by atoms with Crippen molar-refractivity contribution in [3.8, 4) is 0 Å². The van der Waals surface area contributed by atoms with Crippen molar-refractivity contribution in [2.45, 2.75) is 13.5 Å². The number of hydrogen-bond donors (Lipinski definition) is 1. The van der Waals surface area contributed by atoms with E-state index in [1.807, 2.05) is 60.1 Å². The number of benzene rings is 2. The molecule has 0 fully saturated rings. The van der Waals surface area contributed by atoms with E-state index < -0.39 is 0 Å². The smallest absolute Gasteiger partial charge is 0.263 e. The Kier molecular flexibility index (Phi) is 5.36. The van der Waals surface area contributed by atoms with Crippen LogP contribution in [0.4, 0.5) is 0 Å². The molecule has 0 aromatic heterocycles. The second-order valence-electron chi connectivity index (χ2n) is 4.64. The molecule has 1 amide bonds. The van der Waals surface area contributed by atoms with Crippen LogP contribution < -0.4 is 0 Å². The van der Waals surface area contributed by atoms with E-state index in [1.54, 1.807) is 15.2 Å². The maximum atomic E-state index is 12.6. The Morgan fingerprint density at radius 1 is 1.33 bits per heavy atom. The Morgan fingerprint density at radius 2 is 2.00 bits per heavy atom. The van der Waals surface area contributed by atoms with Gasteiger partial charge in [-0.1, -0.05) is 41.9 Å². The largest absolute Gasteiger partial charge is 0.308 e. The number of aryl methyl sites for hydroxylation is 1. The first-order valence-corrected chi connectivity index (χ1v) is 7.69. The van der Waals surface area contributed by atoms with Crippen molar-refractivity contribution in [3.05, 3.63) is 69.7 Å². The Morgan fingerprint density at radius 3 is 2.62 bits per heavy atom. The first-order valence-electron chi connectivity index (χ1n) is 6.35. The molecule has 0 saturated heterocycles. The van der Waals surface area contributed by atoms with Crippen LogP contribution in [0.15, 0.2) is 42.5 Å². The predicted molar refractivity (Wildman–Crippen MR) is 94.4 cm³/mol. The zero-order chi connectivity index (χ0) is 15.4. The molecule has 108 valence electrons. The van der Waals surface area contributed by atoms with Crippen molar-refractivity contribution in [2.75, 3.05) is 0 Å².